The molecule has 0 unspecified atom stereocenters. The predicted octanol–water partition coefficient (Wildman–Crippen LogP) is 2.76. The van der Waals surface area contributed by atoms with E-state index in [0.29, 0.717) is 5.15 Å². The molecule has 1 saturated heterocycles. The van der Waals surface area contributed by atoms with Crippen LogP contribution in [0.5, 0.6) is 0 Å². The number of benzene rings is 1. The molecule has 21 heavy (non-hydrogen) atoms. The Kier molecular flexibility index (Phi) is 4.36. The SMILES string of the molecule is Cc1nc(Cl)cc(N2CCN(Cc3ccccc3)CC2)n1. The molecule has 2 aromatic rings. The minimum absolute atomic E-state index is 0.518. The lowest BCUT2D eigenvalue weighted by atomic mass is 10.2. The van der Waals surface area contributed by atoms with Crippen molar-refractivity contribution in [1.82, 2.24) is 14.9 Å². The Balaban J connectivity index is 1.60. The Morgan fingerprint density at radius 1 is 1.05 bits per heavy atom. The van der Waals surface area contributed by atoms with Gasteiger partial charge < -0.3 is 4.90 Å². The fourth-order valence-electron chi connectivity index (χ4n) is 2.66. The van der Waals surface area contributed by atoms with Crippen molar-refractivity contribution in [3.8, 4) is 0 Å². The monoisotopic (exact) mass is 302 g/mol. The lowest BCUT2D eigenvalue weighted by Crippen LogP contribution is -2.46. The Hall–Kier alpha value is -1.65. The van der Waals surface area contributed by atoms with Crippen LogP contribution in [0, 0.1) is 6.92 Å². The van der Waals surface area contributed by atoms with Crippen molar-refractivity contribution in [1.29, 1.82) is 0 Å². The zero-order chi connectivity index (χ0) is 14.7. The smallest absolute Gasteiger partial charge is 0.134 e. The van der Waals surface area contributed by atoms with Crippen LogP contribution in [0.25, 0.3) is 0 Å². The van der Waals surface area contributed by atoms with Gasteiger partial charge in [0.1, 0.15) is 16.8 Å². The number of hydrogen-bond donors (Lipinski definition) is 0. The maximum Gasteiger partial charge on any atom is 0.134 e. The highest BCUT2D eigenvalue weighted by atomic mass is 35.5. The zero-order valence-electron chi connectivity index (χ0n) is 12.2. The Labute approximate surface area is 130 Å². The minimum Gasteiger partial charge on any atom is -0.354 e. The van der Waals surface area contributed by atoms with Gasteiger partial charge in [0.15, 0.2) is 0 Å². The first-order valence-corrected chi connectivity index (χ1v) is 7.61. The summed E-state index contributed by atoms with van der Waals surface area (Å²) in [5, 5.41) is 0.518. The molecule has 5 heteroatoms. The van der Waals surface area contributed by atoms with Crippen LogP contribution >= 0.6 is 11.6 Å². The third-order valence-corrected chi connectivity index (χ3v) is 3.93. The molecule has 0 N–H and O–H groups in total. The lowest BCUT2D eigenvalue weighted by molar-refractivity contribution is 0.249. The minimum atomic E-state index is 0.518. The van der Waals surface area contributed by atoms with Crippen LogP contribution in [0.2, 0.25) is 5.15 Å². The molecule has 0 radical (unpaired) electrons. The van der Waals surface area contributed by atoms with E-state index in [2.05, 4.69) is 50.1 Å². The summed E-state index contributed by atoms with van der Waals surface area (Å²) in [5.74, 6) is 1.66. The fourth-order valence-corrected chi connectivity index (χ4v) is 2.88. The van der Waals surface area contributed by atoms with Crippen LogP contribution in [-0.4, -0.2) is 41.0 Å². The molecule has 3 rings (SSSR count). The second kappa shape index (κ2) is 6.41. The largest absolute Gasteiger partial charge is 0.354 e. The van der Waals surface area contributed by atoms with Crippen LogP contribution in [0.4, 0.5) is 5.82 Å². The molecule has 1 aromatic heterocycles. The first-order valence-electron chi connectivity index (χ1n) is 7.23. The van der Waals surface area contributed by atoms with Gasteiger partial charge in [-0.2, -0.15) is 0 Å². The third-order valence-electron chi connectivity index (χ3n) is 3.74. The molecular formula is C16H19ClN4. The van der Waals surface area contributed by atoms with Gasteiger partial charge in [-0.25, -0.2) is 9.97 Å². The van der Waals surface area contributed by atoms with E-state index in [0.717, 1.165) is 44.4 Å². The molecule has 0 aliphatic carbocycles. The fraction of sp³-hybridized carbons (Fsp3) is 0.375. The number of anilines is 1. The highest BCUT2D eigenvalue weighted by molar-refractivity contribution is 6.29. The topological polar surface area (TPSA) is 32.3 Å². The van der Waals surface area contributed by atoms with Crippen molar-refractivity contribution in [3.63, 3.8) is 0 Å². The van der Waals surface area contributed by atoms with Crippen LogP contribution in [0.1, 0.15) is 11.4 Å². The maximum absolute atomic E-state index is 6.02. The molecule has 0 amide bonds. The van der Waals surface area contributed by atoms with E-state index in [4.69, 9.17) is 11.6 Å². The van der Waals surface area contributed by atoms with Crippen molar-refractivity contribution >= 4 is 17.4 Å². The summed E-state index contributed by atoms with van der Waals surface area (Å²) >= 11 is 6.02. The van der Waals surface area contributed by atoms with E-state index in [1.807, 2.05) is 13.0 Å². The third kappa shape index (κ3) is 3.71. The molecular weight excluding hydrogens is 284 g/mol. The molecule has 1 aromatic carbocycles. The summed E-state index contributed by atoms with van der Waals surface area (Å²) in [5.41, 5.74) is 1.37. The predicted molar refractivity (Wildman–Crippen MR) is 85.7 cm³/mol. The molecule has 0 saturated carbocycles. The summed E-state index contributed by atoms with van der Waals surface area (Å²) in [7, 11) is 0. The quantitative estimate of drug-likeness (QED) is 0.816. The van der Waals surface area contributed by atoms with E-state index in [1.165, 1.54) is 5.56 Å². The molecule has 1 aliphatic heterocycles. The zero-order valence-corrected chi connectivity index (χ0v) is 12.9. The average Bonchev–Trinajstić information content (AvgIpc) is 2.48. The molecule has 1 aliphatic rings. The molecule has 110 valence electrons. The van der Waals surface area contributed by atoms with Gasteiger partial charge in [0.2, 0.25) is 0 Å². The normalized spacial score (nSPS) is 16.2. The van der Waals surface area contributed by atoms with Gasteiger partial charge in [0.05, 0.1) is 0 Å². The standard InChI is InChI=1S/C16H19ClN4/c1-13-18-15(17)11-16(19-13)21-9-7-20(8-10-21)12-14-5-3-2-4-6-14/h2-6,11H,7-10,12H2,1H3. The van der Waals surface area contributed by atoms with E-state index in [9.17, 15) is 0 Å². The van der Waals surface area contributed by atoms with Crippen molar-refractivity contribution < 1.29 is 0 Å². The molecule has 4 nitrogen and oxygen atoms in total. The van der Waals surface area contributed by atoms with Gasteiger partial charge in [-0.15, -0.1) is 0 Å². The van der Waals surface area contributed by atoms with E-state index >= 15 is 0 Å². The summed E-state index contributed by atoms with van der Waals surface area (Å²) in [6, 6.07) is 12.5. The number of hydrogen-bond acceptors (Lipinski definition) is 4. The second-order valence-electron chi connectivity index (χ2n) is 5.34. The Morgan fingerprint density at radius 2 is 1.76 bits per heavy atom. The van der Waals surface area contributed by atoms with Crippen LogP contribution < -0.4 is 4.90 Å². The molecule has 0 atom stereocenters. The summed E-state index contributed by atoms with van der Waals surface area (Å²) in [4.78, 5) is 13.3. The molecule has 0 bridgehead atoms. The van der Waals surface area contributed by atoms with Gasteiger partial charge in [-0.05, 0) is 12.5 Å². The number of aryl methyl sites for hydroxylation is 1. The van der Waals surface area contributed by atoms with Crippen molar-refractivity contribution in [3.05, 3.63) is 52.9 Å². The van der Waals surface area contributed by atoms with Gasteiger partial charge in [-0.1, -0.05) is 41.9 Å². The Morgan fingerprint density at radius 3 is 2.43 bits per heavy atom. The van der Waals surface area contributed by atoms with Gasteiger partial charge in [0.25, 0.3) is 0 Å². The van der Waals surface area contributed by atoms with Crippen LogP contribution in [0.15, 0.2) is 36.4 Å². The highest BCUT2D eigenvalue weighted by Gasteiger charge is 2.18. The summed E-state index contributed by atoms with van der Waals surface area (Å²) in [6.07, 6.45) is 0. The van der Waals surface area contributed by atoms with Crippen molar-refractivity contribution in [2.75, 3.05) is 31.1 Å². The number of nitrogens with zero attached hydrogens (tertiary/aromatic N) is 4. The van der Waals surface area contributed by atoms with Crippen molar-refractivity contribution in [2.24, 2.45) is 0 Å². The number of piperazine rings is 1. The summed E-state index contributed by atoms with van der Waals surface area (Å²) in [6.45, 7) is 6.91. The average molecular weight is 303 g/mol. The van der Waals surface area contributed by atoms with E-state index < -0.39 is 0 Å². The molecule has 1 fully saturated rings. The number of aromatic nitrogens is 2. The van der Waals surface area contributed by atoms with Gasteiger partial charge in [0, 0.05) is 38.8 Å². The van der Waals surface area contributed by atoms with Gasteiger partial charge in [-0.3, -0.25) is 4.90 Å². The number of rotatable bonds is 3. The number of halogens is 1. The van der Waals surface area contributed by atoms with E-state index in [1.54, 1.807) is 0 Å². The van der Waals surface area contributed by atoms with Crippen LogP contribution in [0.3, 0.4) is 0 Å². The Bertz CT molecular complexity index is 574. The lowest BCUT2D eigenvalue weighted by Gasteiger charge is -2.35. The van der Waals surface area contributed by atoms with Crippen LogP contribution in [-0.2, 0) is 6.54 Å². The van der Waals surface area contributed by atoms with Gasteiger partial charge >= 0.3 is 0 Å². The first-order chi connectivity index (χ1) is 10.2. The molecule has 2 heterocycles. The highest BCUT2D eigenvalue weighted by Crippen LogP contribution is 2.18. The molecule has 0 spiro atoms. The van der Waals surface area contributed by atoms with E-state index in [-0.39, 0.29) is 0 Å². The first kappa shape index (κ1) is 14.3. The maximum atomic E-state index is 6.02. The second-order valence-corrected chi connectivity index (χ2v) is 5.73. The summed E-state index contributed by atoms with van der Waals surface area (Å²) < 4.78 is 0. The van der Waals surface area contributed by atoms with Crippen molar-refractivity contribution in [2.45, 2.75) is 13.5 Å².